The number of aromatic nitrogens is 2. The van der Waals surface area contributed by atoms with E-state index in [9.17, 15) is 4.79 Å². The third kappa shape index (κ3) is 3.46. The minimum atomic E-state index is -0.268. The van der Waals surface area contributed by atoms with Gasteiger partial charge in [-0.2, -0.15) is 0 Å². The summed E-state index contributed by atoms with van der Waals surface area (Å²) in [5.74, 6) is 0.892. The quantitative estimate of drug-likeness (QED) is 0.742. The molecule has 2 N–H and O–H groups in total. The molecule has 0 aliphatic carbocycles. The number of rotatable bonds is 5. The first-order valence-electron chi connectivity index (χ1n) is 7.55. The maximum absolute atomic E-state index is 12.2. The van der Waals surface area contributed by atoms with Crippen molar-refractivity contribution in [1.82, 2.24) is 15.3 Å². The Morgan fingerprint density at radius 3 is 2.92 bits per heavy atom. The zero-order valence-corrected chi connectivity index (χ0v) is 14.3. The number of carbonyl (C=O) groups is 1. The predicted octanol–water partition coefficient (Wildman–Crippen LogP) is 3.63. The highest BCUT2D eigenvalue weighted by Crippen LogP contribution is 2.28. The van der Waals surface area contributed by atoms with Crippen LogP contribution in [0.5, 0.6) is 5.75 Å². The van der Waals surface area contributed by atoms with Crippen molar-refractivity contribution in [3.63, 3.8) is 0 Å². The molecule has 124 valence electrons. The van der Waals surface area contributed by atoms with E-state index >= 15 is 0 Å². The molecule has 0 saturated heterocycles. The second kappa shape index (κ2) is 7.27. The molecule has 0 unspecified atom stereocenters. The number of urea groups is 1. The molecule has 0 aliphatic heterocycles. The number of hydrogen-bond acceptors (Lipinski definition) is 5. The van der Waals surface area contributed by atoms with Crippen molar-refractivity contribution in [2.75, 3.05) is 19.0 Å². The van der Waals surface area contributed by atoms with Crippen molar-refractivity contribution in [2.45, 2.75) is 12.8 Å². The Kier molecular flexibility index (Phi) is 4.90. The van der Waals surface area contributed by atoms with E-state index in [4.69, 9.17) is 4.74 Å². The number of hydrogen-bond donors (Lipinski definition) is 2. The largest absolute Gasteiger partial charge is 0.496 e. The molecule has 7 heteroatoms. The van der Waals surface area contributed by atoms with Gasteiger partial charge in [-0.3, -0.25) is 4.98 Å². The molecule has 0 fully saturated rings. The second-order valence-corrected chi connectivity index (χ2v) is 6.25. The summed E-state index contributed by atoms with van der Waals surface area (Å²) < 4.78 is 5.33. The summed E-state index contributed by atoms with van der Waals surface area (Å²) in [6.07, 6.45) is 3.43. The van der Waals surface area contributed by atoms with E-state index in [-0.39, 0.29) is 11.9 Å². The van der Waals surface area contributed by atoms with Gasteiger partial charge in [-0.25, -0.2) is 9.78 Å². The molecule has 6 nitrogen and oxygen atoms in total. The molecule has 0 aliphatic rings. The molecule has 0 radical (unpaired) electrons. The van der Waals surface area contributed by atoms with Crippen molar-refractivity contribution in [3.8, 4) is 5.75 Å². The summed E-state index contributed by atoms with van der Waals surface area (Å²) in [5.41, 5.74) is 1.34. The summed E-state index contributed by atoms with van der Waals surface area (Å²) in [7, 11) is 1.61. The third-order valence-electron chi connectivity index (χ3n) is 3.64. The molecule has 0 saturated carbocycles. The van der Waals surface area contributed by atoms with E-state index < -0.39 is 0 Å². The lowest BCUT2D eigenvalue weighted by molar-refractivity contribution is 0.251. The van der Waals surface area contributed by atoms with Crippen LogP contribution in [0.4, 0.5) is 10.5 Å². The van der Waals surface area contributed by atoms with E-state index in [0.717, 1.165) is 16.1 Å². The number of carbonyl (C=O) groups excluding carboxylic acids is 1. The Balaban J connectivity index is 1.69. The van der Waals surface area contributed by atoms with Crippen LogP contribution in [0.2, 0.25) is 0 Å². The fraction of sp³-hybridized carbons (Fsp3) is 0.235. The van der Waals surface area contributed by atoms with Gasteiger partial charge < -0.3 is 15.4 Å². The summed E-state index contributed by atoms with van der Waals surface area (Å²) in [6.45, 7) is 2.55. The highest BCUT2D eigenvalue weighted by atomic mass is 32.1. The fourth-order valence-corrected chi connectivity index (χ4v) is 3.11. The van der Waals surface area contributed by atoms with Crippen molar-refractivity contribution in [3.05, 3.63) is 47.0 Å². The minimum absolute atomic E-state index is 0.168. The van der Waals surface area contributed by atoms with Gasteiger partial charge in [0.15, 0.2) is 0 Å². The summed E-state index contributed by atoms with van der Waals surface area (Å²) in [4.78, 5) is 20.8. The smallest absolute Gasteiger partial charge is 0.319 e. The number of thiazole rings is 1. The van der Waals surface area contributed by atoms with Gasteiger partial charge in [-0.15, -0.1) is 11.3 Å². The topological polar surface area (TPSA) is 76.1 Å². The van der Waals surface area contributed by atoms with Crippen LogP contribution in [0.3, 0.4) is 0 Å². The number of para-hydroxylation sites is 1. The van der Waals surface area contributed by atoms with Gasteiger partial charge in [0, 0.05) is 35.6 Å². The molecule has 1 atom stereocenters. The van der Waals surface area contributed by atoms with E-state index in [2.05, 4.69) is 20.6 Å². The number of ether oxygens (including phenoxy) is 1. The van der Waals surface area contributed by atoms with Gasteiger partial charge in [0.2, 0.25) is 0 Å². The van der Waals surface area contributed by atoms with E-state index in [0.29, 0.717) is 17.7 Å². The molecule has 2 amide bonds. The van der Waals surface area contributed by atoms with Gasteiger partial charge in [-0.1, -0.05) is 13.0 Å². The number of nitrogens with zero attached hydrogens (tertiary/aromatic N) is 2. The maximum Gasteiger partial charge on any atom is 0.319 e. The fourth-order valence-electron chi connectivity index (χ4n) is 2.41. The Labute approximate surface area is 143 Å². The molecule has 2 aromatic heterocycles. The zero-order valence-electron chi connectivity index (χ0n) is 13.4. The van der Waals surface area contributed by atoms with E-state index in [1.54, 1.807) is 36.9 Å². The van der Waals surface area contributed by atoms with Crippen molar-refractivity contribution in [1.29, 1.82) is 0 Å². The number of benzene rings is 1. The van der Waals surface area contributed by atoms with Crippen LogP contribution in [-0.4, -0.2) is 29.7 Å². The van der Waals surface area contributed by atoms with Crippen molar-refractivity contribution < 1.29 is 9.53 Å². The third-order valence-corrected chi connectivity index (χ3v) is 4.65. The standard InChI is InChI=1S/C17H18N4O2S/c1-11(16-19-8-9-24-16)10-20-17(22)21-13-5-3-4-12-14(23-2)6-7-18-15(12)13/h3-9,11H,10H2,1-2H3,(H2,20,21,22)/t11-/m0/s1. The molecule has 1 aromatic carbocycles. The molecule has 0 bridgehead atoms. The first-order chi connectivity index (χ1) is 11.7. The van der Waals surface area contributed by atoms with Gasteiger partial charge >= 0.3 is 6.03 Å². The molecule has 0 spiro atoms. The van der Waals surface area contributed by atoms with Gasteiger partial charge in [0.05, 0.1) is 23.3 Å². The lowest BCUT2D eigenvalue weighted by atomic mass is 10.1. The lowest BCUT2D eigenvalue weighted by Gasteiger charge is -2.13. The van der Waals surface area contributed by atoms with Crippen LogP contribution < -0.4 is 15.4 Å². The number of amides is 2. The Morgan fingerprint density at radius 2 is 2.17 bits per heavy atom. The van der Waals surface area contributed by atoms with Crippen LogP contribution in [0, 0.1) is 0 Å². The zero-order chi connectivity index (χ0) is 16.9. The maximum atomic E-state index is 12.2. The Morgan fingerprint density at radius 1 is 1.29 bits per heavy atom. The average molecular weight is 342 g/mol. The predicted molar refractivity (Wildman–Crippen MR) is 95.8 cm³/mol. The van der Waals surface area contributed by atoms with Crippen LogP contribution >= 0.6 is 11.3 Å². The molecule has 2 heterocycles. The highest BCUT2D eigenvalue weighted by molar-refractivity contribution is 7.09. The minimum Gasteiger partial charge on any atom is -0.496 e. The molecular weight excluding hydrogens is 324 g/mol. The monoisotopic (exact) mass is 342 g/mol. The first-order valence-corrected chi connectivity index (χ1v) is 8.43. The lowest BCUT2D eigenvalue weighted by Crippen LogP contribution is -2.31. The molecule has 24 heavy (non-hydrogen) atoms. The van der Waals surface area contributed by atoms with E-state index in [1.165, 1.54) is 0 Å². The number of fused-ring (bicyclic) bond motifs is 1. The number of methoxy groups -OCH3 is 1. The molecular formula is C17H18N4O2S. The van der Waals surface area contributed by atoms with Crippen LogP contribution in [0.25, 0.3) is 10.9 Å². The van der Waals surface area contributed by atoms with Gasteiger partial charge in [0.25, 0.3) is 0 Å². The summed E-state index contributed by atoms with van der Waals surface area (Å²) in [5, 5.41) is 9.52. The normalized spacial score (nSPS) is 11.9. The first kappa shape index (κ1) is 16.2. The SMILES string of the molecule is COc1ccnc2c(NC(=O)NC[C@H](C)c3nccs3)cccc12. The van der Waals surface area contributed by atoms with Gasteiger partial charge in [-0.05, 0) is 18.2 Å². The summed E-state index contributed by atoms with van der Waals surface area (Å²) in [6, 6.07) is 7.12. The van der Waals surface area contributed by atoms with Crippen LogP contribution in [-0.2, 0) is 0 Å². The highest BCUT2D eigenvalue weighted by Gasteiger charge is 2.12. The summed E-state index contributed by atoms with van der Waals surface area (Å²) >= 11 is 1.59. The van der Waals surface area contributed by atoms with Crippen LogP contribution in [0.15, 0.2) is 42.0 Å². The van der Waals surface area contributed by atoms with Gasteiger partial charge in [0.1, 0.15) is 5.75 Å². The Bertz CT molecular complexity index is 836. The average Bonchev–Trinajstić information content (AvgIpc) is 3.14. The number of nitrogens with one attached hydrogen (secondary N) is 2. The van der Waals surface area contributed by atoms with E-state index in [1.807, 2.05) is 30.5 Å². The molecule has 3 rings (SSSR count). The van der Waals surface area contributed by atoms with Crippen molar-refractivity contribution >= 4 is 34.0 Å². The molecule has 3 aromatic rings. The van der Waals surface area contributed by atoms with Crippen molar-refractivity contribution in [2.24, 2.45) is 0 Å². The number of anilines is 1. The Hall–Kier alpha value is -2.67. The van der Waals surface area contributed by atoms with Crippen LogP contribution in [0.1, 0.15) is 17.8 Å². The number of pyridine rings is 1. The second-order valence-electron chi connectivity index (χ2n) is 5.32.